The van der Waals surface area contributed by atoms with Crippen molar-refractivity contribution in [1.29, 1.82) is 5.26 Å². The van der Waals surface area contributed by atoms with E-state index in [1.54, 1.807) is 0 Å². The van der Waals surface area contributed by atoms with Gasteiger partial charge in [-0.05, 0) is 161 Å². The number of nitrogens with zero attached hydrogens (tertiary/aromatic N) is 11. The normalized spacial score (nSPS) is 11.4. The fraction of sp³-hybridized carbons (Fsp3) is 0. The van der Waals surface area contributed by atoms with E-state index in [1.165, 1.54) is 21.5 Å². The van der Waals surface area contributed by atoms with Gasteiger partial charge in [0.2, 0.25) is 0 Å². The Kier molecular flexibility index (Phi) is 20.2. The number of benzene rings is 19. The molecule has 0 N–H and O–H groups in total. The molecule has 0 unspecified atom stereocenters. The first-order valence-electron chi connectivity index (χ1n) is 45.4. The fourth-order valence-corrected chi connectivity index (χ4v) is 20.0. The highest BCUT2D eigenvalue weighted by Crippen LogP contribution is 2.50. The van der Waals surface area contributed by atoms with E-state index in [0.717, 1.165) is 200 Å². The lowest BCUT2D eigenvalue weighted by Gasteiger charge is -2.21. The molecule has 0 saturated carbocycles. The molecule has 11 heteroatoms. The number of hydrogen-bond donors (Lipinski definition) is 0. The Morgan fingerprint density at radius 3 is 1.03 bits per heavy atom. The molecule has 632 valence electrons. The molecule has 0 spiro atoms. The molecular weight excluding hydrogens is 1660 g/mol. The quantitative estimate of drug-likeness (QED) is 0.0951. The van der Waals surface area contributed by atoms with Gasteiger partial charge in [0, 0.05) is 98.7 Å². The van der Waals surface area contributed by atoms with Crippen molar-refractivity contribution >= 4 is 98.6 Å². The number of para-hydroxylation sites is 8. The van der Waals surface area contributed by atoms with Crippen LogP contribution in [0, 0.1) is 24.5 Å². The van der Waals surface area contributed by atoms with Crippen molar-refractivity contribution in [3.05, 3.63) is 496 Å². The summed E-state index contributed by atoms with van der Waals surface area (Å²) < 4.78 is 9.58. The summed E-state index contributed by atoms with van der Waals surface area (Å²) in [4.78, 5) is 29.2. The Morgan fingerprint density at radius 1 is 0.206 bits per heavy atom. The van der Waals surface area contributed by atoms with Gasteiger partial charge in [-0.3, -0.25) is 0 Å². The van der Waals surface area contributed by atoms with Gasteiger partial charge in [-0.15, -0.1) is 0 Å². The second-order valence-electron chi connectivity index (χ2n) is 33.9. The van der Waals surface area contributed by atoms with E-state index in [-0.39, 0.29) is 0 Å². The highest BCUT2D eigenvalue weighted by molar-refractivity contribution is 6.16. The molecule has 25 aromatic rings. The highest BCUT2D eigenvalue weighted by Gasteiger charge is 2.29. The Hall–Kier alpha value is -19.0. The van der Waals surface area contributed by atoms with Crippen LogP contribution in [0.2, 0.25) is 0 Å². The van der Waals surface area contributed by atoms with Gasteiger partial charge in [-0.25, -0.2) is 29.6 Å². The Morgan fingerprint density at radius 2 is 0.537 bits per heavy atom. The lowest BCUT2D eigenvalue weighted by Crippen LogP contribution is -2.04. The lowest BCUT2D eigenvalue weighted by atomic mass is 9.94. The summed E-state index contributed by atoms with van der Waals surface area (Å²) in [6.07, 6.45) is 0. The standard InChI is InChI=1S/C66H40N6.C59H37N5/c1-68-56-30-14-10-25-49(56)46-36-38-63-55(40-46)54-39-45(48-24-9-8-23-47(48)42-67)35-37-62(54)72(63)64-34-18-29-53(66-69-57(43-19-4-2-5-20-43)41-58(70-66)44-21-6-3-7-22-44)65(64)52-28-13-17-33-61(52)71-59-31-15-11-26-50(59)51-27-12-16-32-60(51)71;1-60-44-22-16-21-41(35-44)42-31-33-57-49(36-42)47-25-10-15-30-56(47)64(57)58-34-32-43(59-61-51(39-17-4-2-5-18-39)38-52(62-59)40-19-6-3-7-20-40)37-50(58)48-26-11-14-29-55(48)63-53-27-12-8-23-45(53)46-24-9-13-28-54(46)63/h2-41H;2-38H. The summed E-state index contributed by atoms with van der Waals surface area (Å²) in [7, 11) is 0. The lowest BCUT2D eigenvalue weighted by molar-refractivity contribution is 1.15. The molecule has 0 amide bonds. The summed E-state index contributed by atoms with van der Waals surface area (Å²) in [6, 6.07) is 165. The predicted octanol–water partition coefficient (Wildman–Crippen LogP) is 32.7. The minimum Gasteiger partial charge on any atom is -0.309 e. The third kappa shape index (κ3) is 14.1. The van der Waals surface area contributed by atoms with Crippen LogP contribution in [0.5, 0.6) is 0 Å². The van der Waals surface area contributed by atoms with Crippen molar-refractivity contribution in [2.45, 2.75) is 0 Å². The van der Waals surface area contributed by atoms with Crippen LogP contribution in [0.3, 0.4) is 0 Å². The molecule has 0 aliphatic carbocycles. The number of fused-ring (bicyclic) bond motifs is 12. The first kappa shape index (κ1) is 80.3. The minimum atomic E-state index is 0.591. The van der Waals surface area contributed by atoms with E-state index < -0.39 is 0 Å². The van der Waals surface area contributed by atoms with E-state index in [2.05, 4.69) is 386 Å². The monoisotopic (exact) mass is 1730 g/mol. The second-order valence-corrected chi connectivity index (χ2v) is 33.9. The van der Waals surface area contributed by atoms with Gasteiger partial charge in [0.05, 0.1) is 114 Å². The Bertz CT molecular complexity index is 8880. The van der Waals surface area contributed by atoms with E-state index >= 15 is 0 Å². The smallest absolute Gasteiger partial charge is 0.194 e. The van der Waals surface area contributed by atoms with Crippen LogP contribution in [0.4, 0.5) is 11.4 Å². The number of aromatic nitrogens is 8. The SMILES string of the molecule is [C-]#[N+]c1cccc(-c2ccc3c(c2)c2ccccc2n3-c2ccc(-c3nc(-c4ccccc4)cc(-c4ccccc4)n3)cc2-c2ccccc2-n2c3ccccc3c3ccccc32)c1.[C-]#[N+]c1ccccc1-c1ccc2c(c1)c1cc(-c3ccccc3C#N)ccc1n2-c1cccc(-c2nc(-c3ccccc3)cc(-c3ccccc3)n2)c1-c1ccccc1-n1c2ccccc2c2ccccc21. The van der Waals surface area contributed by atoms with E-state index in [1.807, 2.05) is 115 Å². The highest BCUT2D eigenvalue weighted by atomic mass is 15.0. The van der Waals surface area contributed by atoms with E-state index in [0.29, 0.717) is 28.6 Å². The van der Waals surface area contributed by atoms with Crippen LogP contribution in [0.15, 0.2) is 467 Å². The van der Waals surface area contributed by atoms with Gasteiger partial charge in [-0.1, -0.05) is 340 Å². The molecule has 0 saturated heterocycles. The predicted molar refractivity (Wildman–Crippen MR) is 558 cm³/mol. The van der Waals surface area contributed by atoms with Crippen LogP contribution in [-0.2, 0) is 0 Å². The van der Waals surface area contributed by atoms with E-state index in [4.69, 9.17) is 33.1 Å². The Labute approximate surface area is 784 Å². The number of rotatable bonds is 15. The molecule has 11 nitrogen and oxygen atoms in total. The van der Waals surface area contributed by atoms with E-state index in [9.17, 15) is 5.26 Å². The summed E-state index contributed by atoms with van der Waals surface area (Å²) in [5, 5.41) is 19.4. The topological polar surface area (TPSA) is 104 Å². The van der Waals surface area contributed by atoms with Crippen LogP contribution in [0.25, 0.3) is 243 Å². The maximum Gasteiger partial charge on any atom is 0.194 e. The van der Waals surface area contributed by atoms with Gasteiger partial charge in [0.1, 0.15) is 0 Å². The maximum atomic E-state index is 10.3. The van der Waals surface area contributed by atoms with Crippen molar-refractivity contribution in [2.75, 3.05) is 0 Å². The zero-order valence-corrected chi connectivity index (χ0v) is 73.4. The van der Waals surface area contributed by atoms with Gasteiger partial charge < -0.3 is 18.3 Å². The molecule has 19 aromatic carbocycles. The molecule has 136 heavy (non-hydrogen) atoms. The molecule has 0 bridgehead atoms. The van der Waals surface area contributed by atoms with Crippen LogP contribution in [-0.4, -0.2) is 38.2 Å². The summed E-state index contributed by atoms with van der Waals surface area (Å²) in [5.41, 5.74) is 33.5. The summed E-state index contributed by atoms with van der Waals surface area (Å²) in [5.74, 6) is 1.24. The first-order chi connectivity index (χ1) is 67.3. The molecule has 6 heterocycles. The molecule has 25 rings (SSSR count). The molecule has 0 atom stereocenters. The minimum absolute atomic E-state index is 0.591. The molecule has 6 aromatic heterocycles. The summed E-state index contributed by atoms with van der Waals surface area (Å²) >= 11 is 0. The molecule has 0 aliphatic heterocycles. The van der Waals surface area contributed by atoms with Crippen molar-refractivity contribution in [3.63, 3.8) is 0 Å². The molecule has 0 aliphatic rings. The molecule has 0 fully saturated rings. The van der Waals surface area contributed by atoms with Crippen molar-refractivity contribution in [3.8, 4) is 152 Å². The largest absolute Gasteiger partial charge is 0.309 e. The van der Waals surface area contributed by atoms with Gasteiger partial charge >= 0.3 is 0 Å². The molecular formula is C125H77N11. The van der Waals surface area contributed by atoms with Crippen LogP contribution < -0.4 is 0 Å². The van der Waals surface area contributed by atoms with Crippen LogP contribution >= 0.6 is 0 Å². The average Bonchev–Trinajstić information content (AvgIpc) is 1.56. The van der Waals surface area contributed by atoms with Gasteiger partial charge in [-0.2, -0.15) is 5.26 Å². The van der Waals surface area contributed by atoms with Crippen molar-refractivity contribution in [1.82, 2.24) is 38.2 Å². The van der Waals surface area contributed by atoms with Gasteiger partial charge in [0.25, 0.3) is 0 Å². The van der Waals surface area contributed by atoms with Crippen LogP contribution in [0.1, 0.15) is 5.56 Å². The number of hydrogen-bond acceptors (Lipinski definition) is 5. The molecule has 0 radical (unpaired) electrons. The number of nitriles is 1. The average molecular weight is 1730 g/mol. The summed E-state index contributed by atoms with van der Waals surface area (Å²) in [6.45, 7) is 15.7. The zero-order valence-electron chi connectivity index (χ0n) is 73.4. The van der Waals surface area contributed by atoms with Gasteiger partial charge in [0.15, 0.2) is 23.0 Å². The third-order valence-electron chi connectivity index (χ3n) is 26.2. The maximum absolute atomic E-state index is 10.3. The van der Waals surface area contributed by atoms with Crippen molar-refractivity contribution in [2.24, 2.45) is 0 Å². The Balaban J connectivity index is 0.000000150. The second kappa shape index (κ2) is 34.1. The zero-order chi connectivity index (χ0) is 90.7. The van der Waals surface area contributed by atoms with Crippen molar-refractivity contribution < 1.29 is 0 Å². The fourth-order valence-electron chi connectivity index (χ4n) is 20.0. The first-order valence-corrected chi connectivity index (χ1v) is 45.4. The third-order valence-corrected chi connectivity index (χ3v) is 26.2.